The van der Waals surface area contributed by atoms with Gasteiger partial charge in [0.2, 0.25) is 0 Å². The molecule has 0 radical (unpaired) electrons. The van der Waals surface area contributed by atoms with Crippen molar-refractivity contribution in [2.24, 2.45) is 0 Å². The van der Waals surface area contributed by atoms with Crippen LogP contribution in [0.25, 0.3) is 6.08 Å². The third-order valence-electron chi connectivity index (χ3n) is 3.99. The fourth-order valence-electron chi connectivity index (χ4n) is 2.41. The van der Waals surface area contributed by atoms with Gasteiger partial charge in [-0.2, -0.15) is 5.26 Å². The molecule has 5 nitrogen and oxygen atoms in total. The molecule has 1 amide bonds. The monoisotopic (exact) mass is 394 g/mol. The minimum absolute atomic E-state index is 0.0348. The first-order valence-electron chi connectivity index (χ1n) is 8.33. The zero-order valence-electron chi connectivity index (χ0n) is 15.8. The molecule has 0 saturated carbocycles. The third kappa shape index (κ3) is 5.07. The Morgan fingerprint density at radius 2 is 2.04 bits per heavy atom. The van der Waals surface area contributed by atoms with Crippen LogP contribution in [0, 0.1) is 37.5 Å². The molecule has 0 heterocycles. The highest BCUT2D eigenvalue weighted by molar-refractivity contribution is 6.32. The molecule has 0 fully saturated rings. The molecule has 0 aliphatic rings. The summed E-state index contributed by atoms with van der Waals surface area (Å²) in [5.41, 5.74) is 3.21. The number of nitrogens with one attached hydrogen (secondary N) is 1. The summed E-state index contributed by atoms with van der Waals surface area (Å²) in [7, 11) is 1.46. The summed E-state index contributed by atoms with van der Waals surface area (Å²) in [5.74, 6) is 2.48. The number of hydrogen-bond donors (Lipinski definition) is 1. The zero-order valence-corrected chi connectivity index (χ0v) is 16.6. The first-order chi connectivity index (χ1) is 13.4. The van der Waals surface area contributed by atoms with Gasteiger partial charge >= 0.3 is 0 Å². The SMILES string of the molecule is C#CCOc1c(Cl)cc(/C=C(\C#N)C(=O)Nc2ccc(C)c(C)c2)cc1OC. The Balaban J connectivity index is 2.31. The predicted octanol–water partition coefficient (Wildman–Crippen LogP) is 4.52. The maximum Gasteiger partial charge on any atom is 0.266 e. The van der Waals surface area contributed by atoms with E-state index in [1.165, 1.54) is 13.2 Å². The minimum Gasteiger partial charge on any atom is -0.493 e. The highest BCUT2D eigenvalue weighted by Gasteiger charge is 2.14. The van der Waals surface area contributed by atoms with E-state index in [0.717, 1.165) is 11.1 Å². The minimum atomic E-state index is -0.520. The van der Waals surface area contributed by atoms with Gasteiger partial charge in [-0.25, -0.2) is 0 Å². The Hall–Kier alpha value is -3.41. The number of benzene rings is 2. The number of aryl methyl sites for hydroxylation is 2. The molecule has 0 aliphatic heterocycles. The van der Waals surface area contributed by atoms with E-state index in [1.807, 2.05) is 32.0 Å². The van der Waals surface area contributed by atoms with Crippen molar-refractivity contribution in [3.8, 4) is 29.9 Å². The van der Waals surface area contributed by atoms with Crippen molar-refractivity contribution < 1.29 is 14.3 Å². The van der Waals surface area contributed by atoms with Crippen LogP contribution in [-0.4, -0.2) is 19.6 Å². The van der Waals surface area contributed by atoms with Crippen molar-refractivity contribution in [2.75, 3.05) is 19.0 Å². The van der Waals surface area contributed by atoms with E-state index < -0.39 is 5.91 Å². The molecule has 6 heteroatoms. The fraction of sp³-hybridized carbons (Fsp3) is 0.182. The molecule has 2 rings (SSSR count). The summed E-state index contributed by atoms with van der Waals surface area (Å²) in [4.78, 5) is 12.5. The van der Waals surface area contributed by atoms with Crippen LogP contribution in [0.4, 0.5) is 5.69 Å². The van der Waals surface area contributed by atoms with E-state index in [-0.39, 0.29) is 17.2 Å². The first kappa shape index (κ1) is 20.9. The number of ether oxygens (including phenoxy) is 2. The number of nitrogens with zero attached hydrogens (tertiary/aromatic N) is 1. The van der Waals surface area contributed by atoms with Crippen LogP contribution in [0.5, 0.6) is 11.5 Å². The molecule has 0 saturated heterocycles. The van der Waals surface area contributed by atoms with Gasteiger partial charge < -0.3 is 14.8 Å². The first-order valence-corrected chi connectivity index (χ1v) is 8.71. The number of hydrogen-bond acceptors (Lipinski definition) is 4. The lowest BCUT2D eigenvalue weighted by atomic mass is 10.1. The summed E-state index contributed by atoms with van der Waals surface area (Å²) in [5, 5.41) is 12.4. The van der Waals surface area contributed by atoms with E-state index in [1.54, 1.807) is 18.2 Å². The number of carbonyl (C=O) groups is 1. The third-order valence-corrected chi connectivity index (χ3v) is 4.27. The molecule has 0 unspecified atom stereocenters. The van der Waals surface area contributed by atoms with Crippen molar-refractivity contribution in [3.63, 3.8) is 0 Å². The van der Waals surface area contributed by atoms with E-state index in [4.69, 9.17) is 27.5 Å². The lowest BCUT2D eigenvalue weighted by Gasteiger charge is -2.12. The number of rotatable bonds is 6. The van der Waals surface area contributed by atoms with Crippen molar-refractivity contribution in [1.29, 1.82) is 5.26 Å². The number of nitriles is 1. The van der Waals surface area contributed by atoms with Gasteiger partial charge in [-0.3, -0.25) is 4.79 Å². The second kappa shape index (κ2) is 9.50. The lowest BCUT2D eigenvalue weighted by Crippen LogP contribution is -2.13. The largest absolute Gasteiger partial charge is 0.493 e. The van der Waals surface area contributed by atoms with Crippen LogP contribution in [0.3, 0.4) is 0 Å². The predicted molar refractivity (Wildman–Crippen MR) is 110 cm³/mol. The van der Waals surface area contributed by atoms with Crippen LogP contribution in [0.1, 0.15) is 16.7 Å². The van der Waals surface area contributed by atoms with Gasteiger partial charge in [0, 0.05) is 5.69 Å². The number of carbonyl (C=O) groups excluding carboxylic acids is 1. The van der Waals surface area contributed by atoms with E-state index in [9.17, 15) is 10.1 Å². The number of methoxy groups -OCH3 is 1. The van der Waals surface area contributed by atoms with Crippen LogP contribution in [0.2, 0.25) is 5.02 Å². The second-order valence-corrected chi connectivity index (χ2v) is 6.36. The molecule has 142 valence electrons. The smallest absolute Gasteiger partial charge is 0.266 e. The average Bonchev–Trinajstić information content (AvgIpc) is 2.67. The Bertz CT molecular complexity index is 1010. The summed E-state index contributed by atoms with van der Waals surface area (Å²) in [6.45, 7) is 3.97. The Kier molecular flexibility index (Phi) is 7.09. The van der Waals surface area contributed by atoms with E-state index >= 15 is 0 Å². The zero-order chi connectivity index (χ0) is 20.7. The van der Waals surface area contributed by atoms with Crippen molar-refractivity contribution in [2.45, 2.75) is 13.8 Å². The molecule has 0 spiro atoms. The van der Waals surface area contributed by atoms with Crippen molar-refractivity contribution in [3.05, 3.63) is 57.6 Å². The van der Waals surface area contributed by atoms with Gasteiger partial charge in [-0.15, -0.1) is 6.42 Å². The fourth-order valence-corrected chi connectivity index (χ4v) is 2.68. The second-order valence-electron chi connectivity index (χ2n) is 5.95. The van der Waals surface area contributed by atoms with E-state index in [2.05, 4.69) is 11.2 Å². The standard InChI is InChI=1S/C22H19ClN2O3/c1-5-8-28-21-19(23)11-16(12-20(21)27-4)10-17(13-24)22(26)25-18-7-6-14(2)15(3)9-18/h1,6-7,9-12H,8H2,2-4H3,(H,25,26)/b17-10+. The van der Waals surface area contributed by atoms with Gasteiger partial charge in [0.25, 0.3) is 5.91 Å². The van der Waals surface area contributed by atoms with Crippen LogP contribution in [-0.2, 0) is 4.79 Å². The maximum absolute atomic E-state index is 12.5. The van der Waals surface area contributed by atoms with E-state index in [0.29, 0.717) is 22.7 Å². The number of halogens is 1. The van der Waals surface area contributed by atoms with Gasteiger partial charge in [0.15, 0.2) is 11.5 Å². The summed E-state index contributed by atoms with van der Waals surface area (Å²) < 4.78 is 10.7. The number of anilines is 1. The maximum atomic E-state index is 12.5. The van der Waals surface area contributed by atoms with Gasteiger partial charge in [-0.1, -0.05) is 23.6 Å². The molecule has 0 aliphatic carbocycles. The van der Waals surface area contributed by atoms with Gasteiger partial charge in [0.1, 0.15) is 18.2 Å². The summed E-state index contributed by atoms with van der Waals surface area (Å²) >= 11 is 6.23. The summed E-state index contributed by atoms with van der Waals surface area (Å²) in [6.07, 6.45) is 6.62. The van der Waals surface area contributed by atoms with Crippen LogP contribution in [0.15, 0.2) is 35.9 Å². The molecular weight excluding hydrogens is 376 g/mol. The topological polar surface area (TPSA) is 71.3 Å². The quantitative estimate of drug-likeness (QED) is 0.444. The lowest BCUT2D eigenvalue weighted by molar-refractivity contribution is -0.112. The van der Waals surface area contributed by atoms with Crippen molar-refractivity contribution >= 4 is 29.3 Å². The van der Waals surface area contributed by atoms with Crippen LogP contribution < -0.4 is 14.8 Å². The summed E-state index contributed by atoms with van der Waals surface area (Å²) in [6, 6.07) is 10.6. The van der Waals surface area contributed by atoms with Crippen LogP contribution >= 0.6 is 11.6 Å². The molecule has 0 aromatic heterocycles. The Labute approximate surface area is 169 Å². The normalized spacial score (nSPS) is 10.6. The molecule has 28 heavy (non-hydrogen) atoms. The highest BCUT2D eigenvalue weighted by Crippen LogP contribution is 2.37. The number of amides is 1. The molecule has 2 aromatic carbocycles. The van der Waals surface area contributed by atoms with Gasteiger partial charge in [-0.05, 0) is 60.9 Å². The molecular formula is C22H19ClN2O3. The van der Waals surface area contributed by atoms with Gasteiger partial charge in [0.05, 0.1) is 12.1 Å². The molecule has 2 aromatic rings. The average molecular weight is 395 g/mol. The number of terminal acetylenes is 1. The Morgan fingerprint density at radius 3 is 2.64 bits per heavy atom. The molecule has 1 N–H and O–H groups in total. The highest BCUT2D eigenvalue weighted by atomic mass is 35.5. The van der Waals surface area contributed by atoms with Crippen molar-refractivity contribution in [1.82, 2.24) is 0 Å². The Morgan fingerprint density at radius 1 is 1.29 bits per heavy atom. The molecule has 0 bridgehead atoms. The molecule has 0 atom stereocenters.